The molecule has 0 bridgehead atoms. The Labute approximate surface area is 131 Å². The van der Waals surface area contributed by atoms with Crippen molar-refractivity contribution in [3.05, 3.63) is 52.3 Å². The zero-order chi connectivity index (χ0) is 15.7. The smallest absolute Gasteiger partial charge is 0.359 e. The van der Waals surface area contributed by atoms with E-state index in [0.29, 0.717) is 16.5 Å². The van der Waals surface area contributed by atoms with Gasteiger partial charge in [-0.05, 0) is 31.4 Å². The standard InChI is InChI=1S/C16H14N2O3S/c1-10(2)21-16(20)14-12-5-3-4-6-13(12)18(17-14)15(19)11-7-8-22-9-11/h3-10H,1-2H3. The monoisotopic (exact) mass is 314 g/mol. The quantitative estimate of drug-likeness (QED) is 0.696. The Balaban J connectivity index is 2.12. The lowest BCUT2D eigenvalue weighted by molar-refractivity contribution is 0.0372. The van der Waals surface area contributed by atoms with Gasteiger partial charge in [-0.15, -0.1) is 0 Å². The zero-order valence-electron chi connectivity index (χ0n) is 12.1. The molecule has 0 amide bonds. The summed E-state index contributed by atoms with van der Waals surface area (Å²) in [6.45, 7) is 3.54. The van der Waals surface area contributed by atoms with Crippen LogP contribution in [0, 0.1) is 0 Å². The lowest BCUT2D eigenvalue weighted by Gasteiger charge is -2.05. The maximum atomic E-state index is 12.5. The van der Waals surface area contributed by atoms with Gasteiger partial charge in [0.2, 0.25) is 0 Å². The molecular weight excluding hydrogens is 300 g/mol. The molecule has 112 valence electrons. The largest absolute Gasteiger partial charge is 0.458 e. The highest BCUT2D eigenvalue weighted by Crippen LogP contribution is 2.21. The van der Waals surface area contributed by atoms with Crippen molar-refractivity contribution in [2.24, 2.45) is 0 Å². The zero-order valence-corrected chi connectivity index (χ0v) is 13.0. The number of thiophene rings is 1. The average Bonchev–Trinajstić information content (AvgIpc) is 3.14. The number of ether oxygens (including phenoxy) is 1. The van der Waals surface area contributed by atoms with Crippen LogP contribution in [0.1, 0.15) is 34.7 Å². The number of hydrogen-bond donors (Lipinski definition) is 0. The summed E-state index contributed by atoms with van der Waals surface area (Å²) in [5.41, 5.74) is 1.30. The lowest BCUT2D eigenvalue weighted by Crippen LogP contribution is -2.16. The Morgan fingerprint density at radius 2 is 2.00 bits per heavy atom. The van der Waals surface area contributed by atoms with E-state index in [9.17, 15) is 9.59 Å². The molecule has 0 aliphatic rings. The first kappa shape index (κ1) is 14.5. The van der Waals surface area contributed by atoms with Crippen LogP contribution in [-0.4, -0.2) is 27.8 Å². The maximum absolute atomic E-state index is 12.5. The number of carbonyl (C=O) groups is 2. The van der Waals surface area contributed by atoms with Crippen molar-refractivity contribution in [2.75, 3.05) is 0 Å². The van der Waals surface area contributed by atoms with Gasteiger partial charge in [-0.25, -0.2) is 4.79 Å². The average molecular weight is 314 g/mol. The molecule has 0 aliphatic heterocycles. The first-order valence-corrected chi connectivity index (χ1v) is 7.78. The van der Waals surface area contributed by atoms with Gasteiger partial charge in [0.25, 0.3) is 5.91 Å². The number of nitrogens with zero attached hydrogens (tertiary/aromatic N) is 2. The molecular formula is C16H14N2O3S. The molecule has 6 heteroatoms. The van der Waals surface area contributed by atoms with Crippen LogP contribution in [0.25, 0.3) is 10.9 Å². The third-order valence-electron chi connectivity index (χ3n) is 3.08. The summed E-state index contributed by atoms with van der Waals surface area (Å²) >= 11 is 1.44. The van der Waals surface area contributed by atoms with Crippen LogP contribution in [0.4, 0.5) is 0 Å². The third-order valence-corrected chi connectivity index (χ3v) is 3.77. The summed E-state index contributed by atoms with van der Waals surface area (Å²) in [6.07, 6.45) is -0.246. The van der Waals surface area contributed by atoms with Crippen molar-refractivity contribution < 1.29 is 14.3 Å². The van der Waals surface area contributed by atoms with Gasteiger partial charge in [-0.3, -0.25) is 4.79 Å². The summed E-state index contributed by atoms with van der Waals surface area (Å²) in [7, 11) is 0. The topological polar surface area (TPSA) is 61.2 Å². The van der Waals surface area contributed by atoms with Crippen LogP contribution < -0.4 is 0 Å². The van der Waals surface area contributed by atoms with Crippen LogP contribution in [0.5, 0.6) is 0 Å². The molecule has 0 saturated heterocycles. The third kappa shape index (κ3) is 2.53. The predicted molar refractivity (Wildman–Crippen MR) is 84.3 cm³/mol. The second-order valence-corrected chi connectivity index (χ2v) is 5.83. The van der Waals surface area contributed by atoms with Crippen LogP contribution in [0.3, 0.4) is 0 Å². The number of aromatic nitrogens is 2. The Hall–Kier alpha value is -2.47. The van der Waals surface area contributed by atoms with E-state index in [4.69, 9.17) is 4.74 Å². The number of para-hydroxylation sites is 1. The summed E-state index contributed by atoms with van der Waals surface area (Å²) < 4.78 is 6.46. The summed E-state index contributed by atoms with van der Waals surface area (Å²) in [6, 6.07) is 8.86. The number of hydrogen-bond acceptors (Lipinski definition) is 5. The molecule has 0 atom stereocenters. The summed E-state index contributed by atoms with van der Waals surface area (Å²) in [5.74, 6) is -0.788. The van der Waals surface area contributed by atoms with Gasteiger partial charge in [-0.1, -0.05) is 18.2 Å². The van der Waals surface area contributed by atoms with E-state index in [1.54, 1.807) is 49.6 Å². The van der Waals surface area contributed by atoms with Crippen LogP contribution in [0.2, 0.25) is 0 Å². The maximum Gasteiger partial charge on any atom is 0.359 e. The minimum Gasteiger partial charge on any atom is -0.458 e. The molecule has 0 aliphatic carbocycles. The number of benzene rings is 1. The Bertz CT molecular complexity index is 834. The van der Waals surface area contributed by atoms with Gasteiger partial charge >= 0.3 is 5.97 Å². The number of fused-ring (bicyclic) bond motifs is 1. The number of carbonyl (C=O) groups excluding carboxylic acids is 2. The SMILES string of the molecule is CC(C)OC(=O)c1nn(C(=O)c2ccsc2)c2ccccc12. The van der Waals surface area contributed by atoms with Crippen molar-refractivity contribution in [1.29, 1.82) is 0 Å². The first-order valence-electron chi connectivity index (χ1n) is 6.83. The number of esters is 1. The second-order valence-electron chi connectivity index (χ2n) is 5.05. The van der Waals surface area contributed by atoms with E-state index in [-0.39, 0.29) is 17.7 Å². The van der Waals surface area contributed by atoms with E-state index in [1.807, 2.05) is 5.38 Å². The fourth-order valence-electron chi connectivity index (χ4n) is 2.15. The molecule has 0 radical (unpaired) electrons. The van der Waals surface area contributed by atoms with Crippen LogP contribution in [0.15, 0.2) is 41.1 Å². The van der Waals surface area contributed by atoms with Gasteiger partial charge in [0.1, 0.15) is 0 Å². The van der Waals surface area contributed by atoms with Gasteiger partial charge in [0, 0.05) is 10.8 Å². The minimum atomic E-state index is -0.525. The van der Waals surface area contributed by atoms with Gasteiger partial charge in [-0.2, -0.15) is 21.1 Å². The summed E-state index contributed by atoms with van der Waals surface area (Å²) in [4.78, 5) is 24.7. The fourth-order valence-corrected chi connectivity index (χ4v) is 2.78. The van der Waals surface area contributed by atoms with E-state index >= 15 is 0 Å². The highest BCUT2D eigenvalue weighted by Gasteiger charge is 2.22. The van der Waals surface area contributed by atoms with E-state index in [2.05, 4.69) is 5.10 Å². The lowest BCUT2D eigenvalue weighted by atomic mass is 10.2. The minimum absolute atomic E-state index is 0.160. The van der Waals surface area contributed by atoms with Crippen molar-refractivity contribution in [2.45, 2.75) is 20.0 Å². The van der Waals surface area contributed by atoms with Crippen molar-refractivity contribution in [1.82, 2.24) is 9.78 Å². The van der Waals surface area contributed by atoms with Gasteiger partial charge in [0.05, 0.1) is 17.2 Å². The van der Waals surface area contributed by atoms with Gasteiger partial charge < -0.3 is 4.74 Å². The summed E-state index contributed by atoms with van der Waals surface area (Å²) in [5, 5.41) is 8.38. The van der Waals surface area contributed by atoms with Crippen molar-refractivity contribution >= 4 is 34.1 Å². The van der Waals surface area contributed by atoms with Crippen molar-refractivity contribution in [3.63, 3.8) is 0 Å². The normalized spacial score (nSPS) is 11.0. The first-order chi connectivity index (χ1) is 10.6. The molecule has 1 aromatic carbocycles. The number of rotatable bonds is 3. The molecule has 2 heterocycles. The van der Waals surface area contributed by atoms with Gasteiger partial charge in [0.15, 0.2) is 5.69 Å². The van der Waals surface area contributed by atoms with E-state index < -0.39 is 5.97 Å². The second kappa shape index (κ2) is 5.73. The molecule has 0 spiro atoms. The Kier molecular flexibility index (Phi) is 3.77. The van der Waals surface area contributed by atoms with Crippen molar-refractivity contribution in [3.8, 4) is 0 Å². The van der Waals surface area contributed by atoms with Crippen LogP contribution >= 0.6 is 11.3 Å². The molecule has 0 unspecified atom stereocenters. The molecule has 0 saturated carbocycles. The molecule has 3 aromatic rings. The highest BCUT2D eigenvalue weighted by atomic mass is 32.1. The van der Waals surface area contributed by atoms with E-state index in [0.717, 1.165) is 0 Å². The molecule has 5 nitrogen and oxygen atoms in total. The molecule has 3 rings (SSSR count). The Morgan fingerprint density at radius 1 is 1.23 bits per heavy atom. The van der Waals surface area contributed by atoms with Crippen LogP contribution in [-0.2, 0) is 4.74 Å². The van der Waals surface area contributed by atoms with E-state index in [1.165, 1.54) is 16.0 Å². The molecule has 0 fully saturated rings. The fraction of sp³-hybridized carbons (Fsp3) is 0.188. The Morgan fingerprint density at radius 3 is 2.68 bits per heavy atom. The molecule has 0 N–H and O–H groups in total. The molecule has 2 aromatic heterocycles. The predicted octanol–water partition coefficient (Wildman–Crippen LogP) is 3.35. The molecule has 22 heavy (non-hydrogen) atoms. The highest BCUT2D eigenvalue weighted by molar-refractivity contribution is 7.08.